The largest absolute Gasteiger partial charge is 0.309 e. The molecular formula is C16H24N2. The molecule has 1 N–H and O–H groups in total. The van der Waals surface area contributed by atoms with Crippen LogP contribution in [0.5, 0.6) is 0 Å². The molecule has 0 radical (unpaired) electrons. The molecule has 2 nitrogen and oxygen atoms in total. The van der Waals surface area contributed by atoms with Crippen molar-refractivity contribution in [3.8, 4) is 0 Å². The summed E-state index contributed by atoms with van der Waals surface area (Å²) >= 11 is 0. The first kappa shape index (κ1) is 12.2. The molecule has 2 aliphatic rings. The Labute approximate surface area is 110 Å². The molecule has 0 aromatic carbocycles. The summed E-state index contributed by atoms with van der Waals surface area (Å²) in [5.74, 6) is 1.03. The van der Waals surface area contributed by atoms with Crippen LogP contribution < -0.4 is 5.32 Å². The summed E-state index contributed by atoms with van der Waals surface area (Å²) in [5, 5.41) is 3.70. The van der Waals surface area contributed by atoms with Gasteiger partial charge in [-0.05, 0) is 49.8 Å². The van der Waals surface area contributed by atoms with Crippen molar-refractivity contribution in [2.75, 3.05) is 6.54 Å². The fraction of sp³-hybridized carbons (Fsp3) is 0.688. The summed E-state index contributed by atoms with van der Waals surface area (Å²) in [4.78, 5) is 4.53. The van der Waals surface area contributed by atoms with E-state index in [1.165, 1.54) is 62.6 Å². The maximum atomic E-state index is 4.53. The quantitative estimate of drug-likeness (QED) is 0.800. The van der Waals surface area contributed by atoms with E-state index in [1.807, 2.05) is 6.20 Å². The van der Waals surface area contributed by atoms with Gasteiger partial charge in [0.05, 0.1) is 11.7 Å². The predicted molar refractivity (Wildman–Crippen MR) is 74.5 cm³/mol. The molecule has 1 aromatic rings. The molecule has 1 fully saturated rings. The van der Waals surface area contributed by atoms with Gasteiger partial charge < -0.3 is 5.32 Å². The van der Waals surface area contributed by atoms with Crippen molar-refractivity contribution in [3.05, 3.63) is 29.6 Å². The molecule has 1 atom stereocenters. The van der Waals surface area contributed by atoms with Gasteiger partial charge in [-0.25, -0.2) is 0 Å². The van der Waals surface area contributed by atoms with Crippen LogP contribution in [0.4, 0.5) is 0 Å². The van der Waals surface area contributed by atoms with Crippen molar-refractivity contribution in [2.24, 2.45) is 5.92 Å². The highest BCUT2D eigenvalue weighted by Crippen LogP contribution is 2.30. The lowest BCUT2D eigenvalue weighted by Crippen LogP contribution is -2.21. The standard InChI is InChI=1S/C16H24N2/c1-2-6-13(5-1)7-3-11-17-15-10-9-14-8-4-12-18-16(14)15/h4,8,12-13,15,17H,1-3,5-7,9-11H2. The number of nitrogens with one attached hydrogen (secondary N) is 1. The Kier molecular flexibility index (Phi) is 3.94. The molecule has 0 bridgehead atoms. The summed E-state index contributed by atoms with van der Waals surface area (Å²) in [5.41, 5.74) is 2.75. The Morgan fingerprint density at radius 3 is 3.00 bits per heavy atom. The summed E-state index contributed by atoms with van der Waals surface area (Å²) in [6, 6.07) is 4.80. The number of aryl methyl sites for hydroxylation is 1. The lowest BCUT2D eigenvalue weighted by Gasteiger charge is -2.14. The van der Waals surface area contributed by atoms with Gasteiger partial charge >= 0.3 is 0 Å². The van der Waals surface area contributed by atoms with E-state index in [-0.39, 0.29) is 0 Å². The molecule has 3 rings (SSSR count). The topological polar surface area (TPSA) is 24.9 Å². The maximum absolute atomic E-state index is 4.53. The predicted octanol–water partition coefficient (Wildman–Crippen LogP) is 3.63. The molecule has 0 amide bonds. The van der Waals surface area contributed by atoms with Crippen LogP contribution in [0.1, 0.15) is 62.2 Å². The summed E-state index contributed by atoms with van der Waals surface area (Å²) in [6.07, 6.45) is 13.0. The van der Waals surface area contributed by atoms with E-state index in [2.05, 4.69) is 22.4 Å². The Morgan fingerprint density at radius 1 is 1.22 bits per heavy atom. The van der Waals surface area contributed by atoms with Crippen LogP contribution in [0.2, 0.25) is 0 Å². The average molecular weight is 244 g/mol. The average Bonchev–Trinajstić information content (AvgIpc) is 3.04. The van der Waals surface area contributed by atoms with Crippen LogP contribution in [-0.4, -0.2) is 11.5 Å². The van der Waals surface area contributed by atoms with Crippen LogP contribution >= 0.6 is 0 Å². The highest BCUT2D eigenvalue weighted by Gasteiger charge is 2.22. The number of hydrogen-bond donors (Lipinski definition) is 1. The minimum absolute atomic E-state index is 0.518. The van der Waals surface area contributed by atoms with E-state index >= 15 is 0 Å². The van der Waals surface area contributed by atoms with Gasteiger partial charge in [-0.3, -0.25) is 4.98 Å². The zero-order valence-electron chi connectivity index (χ0n) is 11.2. The van der Waals surface area contributed by atoms with Crippen molar-refractivity contribution in [3.63, 3.8) is 0 Å². The van der Waals surface area contributed by atoms with Crippen LogP contribution in [-0.2, 0) is 6.42 Å². The van der Waals surface area contributed by atoms with Gasteiger partial charge in [0.1, 0.15) is 0 Å². The van der Waals surface area contributed by atoms with Gasteiger partial charge in [-0.2, -0.15) is 0 Å². The van der Waals surface area contributed by atoms with Crippen molar-refractivity contribution in [1.29, 1.82) is 0 Å². The Bertz CT molecular complexity index is 382. The number of pyridine rings is 1. The van der Waals surface area contributed by atoms with E-state index in [0.717, 1.165) is 12.5 Å². The van der Waals surface area contributed by atoms with Crippen LogP contribution in [0.3, 0.4) is 0 Å². The normalized spacial score (nSPS) is 23.4. The Hall–Kier alpha value is -0.890. The van der Waals surface area contributed by atoms with Crippen molar-refractivity contribution < 1.29 is 0 Å². The monoisotopic (exact) mass is 244 g/mol. The number of aromatic nitrogens is 1. The van der Waals surface area contributed by atoms with Gasteiger partial charge in [0.15, 0.2) is 0 Å². The molecule has 18 heavy (non-hydrogen) atoms. The van der Waals surface area contributed by atoms with Crippen molar-refractivity contribution >= 4 is 0 Å². The summed E-state index contributed by atoms with van der Waals surface area (Å²) in [7, 11) is 0. The van der Waals surface area contributed by atoms with E-state index in [0.29, 0.717) is 6.04 Å². The van der Waals surface area contributed by atoms with Gasteiger partial charge in [-0.1, -0.05) is 31.7 Å². The van der Waals surface area contributed by atoms with Crippen LogP contribution in [0.25, 0.3) is 0 Å². The van der Waals surface area contributed by atoms with Crippen LogP contribution in [0.15, 0.2) is 18.3 Å². The number of rotatable bonds is 5. The summed E-state index contributed by atoms with van der Waals surface area (Å²) in [6.45, 7) is 1.16. The van der Waals surface area contributed by atoms with Gasteiger partial charge in [0, 0.05) is 6.20 Å². The maximum Gasteiger partial charge on any atom is 0.0605 e. The number of fused-ring (bicyclic) bond motifs is 1. The minimum atomic E-state index is 0.518. The second kappa shape index (κ2) is 5.83. The SMILES string of the molecule is c1cnc2c(c1)CCC2NCCCC1CCCC1. The number of hydrogen-bond acceptors (Lipinski definition) is 2. The number of nitrogens with zero attached hydrogens (tertiary/aromatic N) is 1. The molecule has 1 heterocycles. The van der Waals surface area contributed by atoms with E-state index in [4.69, 9.17) is 0 Å². The van der Waals surface area contributed by atoms with Crippen LogP contribution in [0, 0.1) is 5.92 Å². The van der Waals surface area contributed by atoms with Gasteiger partial charge in [0.2, 0.25) is 0 Å². The highest BCUT2D eigenvalue weighted by molar-refractivity contribution is 5.27. The first-order valence-electron chi connectivity index (χ1n) is 7.60. The van der Waals surface area contributed by atoms with Crippen molar-refractivity contribution in [2.45, 2.75) is 57.4 Å². The Morgan fingerprint density at radius 2 is 2.11 bits per heavy atom. The third kappa shape index (κ3) is 2.74. The summed E-state index contributed by atoms with van der Waals surface area (Å²) < 4.78 is 0. The van der Waals surface area contributed by atoms with E-state index in [9.17, 15) is 0 Å². The lowest BCUT2D eigenvalue weighted by molar-refractivity contribution is 0.445. The second-order valence-electron chi connectivity index (χ2n) is 5.89. The van der Waals surface area contributed by atoms with E-state index in [1.54, 1.807) is 0 Å². The fourth-order valence-electron chi connectivity index (χ4n) is 3.58. The zero-order valence-corrected chi connectivity index (χ0v) is 11.2. The molecule has 98 valence electrons. The first-order valence-corrected chi connectivity index (χ1v) is 7.60. The smallest absolute Gasteiger partial charge is 0.0605 e. The lowest BCUT2D eigenvalue weighted by atomic mass is 10.0. The second-order valence-corrected chi connectivity index (χ2v) is 5.89. The molecule has 1 saturated carbocycles. The third-order valence-corrected chi connectivity index (χ3v) is 4.61. The fourth-order valence-corrected chi connectivity index (χ4v) is 3.58. The molecule has 2 heteroatoms. The molecule has 0 aliphatic heterocycles. The molecule has 2 aliphatic carbocycles. The van der Waals surface area contributed by atoms with Gasteiger partial charge in [-0.15, -0.1) is 0 Å². The molecule has 0 saturated heterocycles. The van der Waals surface area contributed by atoms with Gasteiger partial charge in [0.25, 0.3) is 0 Å². The molecule has 1 aromatic heterocycles. The third-order valence-electron chi connectivity index (χ3n) is 4.61. The first-order chi connectivity index (χ1) is 8.93. The molecule has 1 unspecified atom stereocenters. The molecular weight excluding hydrogens is 220 g/mol. The van der Waals surface area contributed by atoms with Crippen molar-refractivity contribution in [1.82, 2.24) is 10.3 Å². The molecule has 0 spiro atoms. The highest BCUT2D eigenvalue weighted by atomic mass is 14.9. The van der Waals surface area contributed by atoms with E-state index < -0.39 is 0 Å². The minimum Gasteiger partial charge on any atom is -0.309 e. The Balaban J connectivity index is 1.41. The zero-order chi connectivity index (χ0) is 12.2.